The first-order chi connectivity index (χ1) is 10.3. The van der Waals surface area contributed by atoms with Gasteiger partial charge in [-0.2, -0.15) is 0 Å². The number of hydrogen-bond acceptors (Lipinski definition) is 2. The van der Waals surface area contributed by atoms with Gasteiger partial charge in [0.05, 0.1) is 6.54 Å². The topological polar surface area (TPSA) is 45.7 Å². The SMILES string of the molecule is CN=C(NCC(C)Oc1ccccc1)NC1CCCCC1.I. The average Bonchev–Trinajstić information content (AvgIpc) is 2.53. The van der Waals surface area contributed by atoms with Gasteiger partial charge >= 0.3 is 0 Å². The molecule has 0 heterocycles. The highest BCUT2D eigenvalue weighted by Crippen LogP contribution is 2.17. The lowest BCUT2D eigenvalue weighted by atomic mass is 9.96. The van der Waals surface area contributed by atoms with E-state index < -0.39 is 0 Å². The second-order valence-electron chi connectivity index (χ2n) is 5.67. The molecule has 0 bridgehead atoms. The lowest BCUT2D eigenvalue weighted by Crippen LogP contribution is -2.46. The fraction of sp³-hybridized carbons (Fsp3) is 0.588. The van der Waals surface area contributed by atoms with E-state index in [1.165, 1.54) is 32.1 Å². The quantitative estimate of drug-likeness (QED) is 0.438. The van der Waals surface area contributed by atoms with E-state index >= 15 is 0 Å². The maximum Gasteiger partial charge on any atom is 0.191 e. The van der Waals surface area contributed by atoms with Crippen molar-refractivity contribution in [3.8, 4) is 5.75 Å². The van der Waals surface area contributed by atoms with Crippen LogP contribution in [0, 0.1) is 0 Å². The number of hydrogen-bond donors (Lipinski definition) is 2. The molecule has 0 amide bonds. The number of para-hydroxylation sites is 1. The zero-order valence-corrected chi connectivity index (χ0v) is 15.9. The van der Waals surface area contributed by atoms with Crippen LogP contribution in [0.3, 0.4) is 0 Å². The van der Waals surface area contributed by atoms with Crippen LogP contribution in [0.2, 0.25) is 0 Å². The number of rotatable bonds is 5. The van der Waals surface area contributed by atoms with Crippen LogP contribution in [0.15, 0.2) is 35.3 Å². The summed E-state index contributed by atoms with van der Waals surface area (Å²) in [6, 6.07) is 10.5. The minimum absolute atomic E-state index is 0. The first-order valence-corrected chi connectivity index (χ1v) is 7.97. The van der Waals surface area contributed by atoms with Crippen molar-refractivity contribution < 1.29 is 4.74 Å². The molecule has 1 aliphatic rings. The fourth-order valence-electron chi connectivity index (χ4n) is 2.65. The van der Waals surface area contributed by atoms with Crippen LogP contribution in [0.5, 0.6) is 5.75 Å². The highest BCUT2D eigenvalue weighted by atomic mass is 127. The summed E-state index contributed by atoms with van der Waals surface area (Å²) >= 11 is 0. The van der Waals surface area contributed by atoms with E-state index in [-0.39, 0.29) is 30.1 Å². The molecule has 1 atom stereocenters. The normalized spacial score (nSPS) is 17.3. The molecule has 2 rings (SSSR count). The maximum absolute atomic E-state index is 5.85. The molecule has 124 valence electrons. The number of ether oxygens (including phenoxy) is 1. The monoisotopic (exact) mass is 417 g/mol. The molecule has 5 heteroatoms. The van der Waals surface area contributed by atoms with Gasteiger partial charge in [-0.05, 0) is 31.9 Å². The molecule has 1 unspecified atom stereocenters. The third kappa shape index (κ3) is 6.85. The third-order valence-corrected chi connectivity index (χ3v) is 3.81. The Balaban J connectivity index is 0.00000242. The highest BCUT2D eigenvalue weighted by Gasteiger charge is 2.14. The van der Waals surface area contributed by atoms with Crippen molar-refractivity contribution in [2.75, 3.05) is 13.6 Å². The zero-order chi connectivity index (χ0) is 14.9. The van der Waals surface area contributed by atoms with Crippen LogP contribution in [0.1, 0.15) is 39.0 Å². The van der Waals surface area contributed by atoms with Crippen LogP contribution < -0.4 is 15.4 Å². The Hall–Kier alpha value is -0.980. The predicted molar refractivity (Wildman–Crippen MR) is 103 cm³/mol. The van der Waals surface area contributed by atoms with E-state index in [1.807, 2.05) is 37.4 Å². The number of halogens is 1. The summed E-state index contributed by atoms with van der Waals surface area (Å²) in [4.78, 5) is 4.30. The Labute approximate surface area is 151 Å². The summed E-state index contributed by atoms with van der Waals surface area (Å²) in [6.07, 6.45) is 6.60. The zero-order valence-electron chi connectivity index (χ0n) is 13.5. The Morgan fingerprint density at radius 2 is 1.91 bits per heavy atom. The minimum atomic E-state index is 0. The molecule has 1 aromatic carbocycles. The van der Waals surface area contributed by atoms with Gasteiger partial charge in [0.25, 0.3) is 0 Å². The van der Waals surface area contributed by atoms with Crippen molar-refractivity contribution in [1.29, 1.82) is 0 Å². The average molecular weight is 417 g/mol. The molecule has 1 saturated carbocycles. The summed E-state index contributed by atoms with van der Waals surface area (Å²) in [7, 11) is 1.82. The van der Waals surface area contributed by atoms with Crippen LogP contribution in [-0.2, 0) is 0 Å². The largest absolute Gasteiger partial charge is 0.489 e. The van der Waals surface area contributed by atoms with Gasteiger partial charge in [0.1, 0.15) is 11.9 Å². The lowest BCUT2D eigenvalue weighted by molar-refractivity contribution is 0.223. The van der Waals surface area contributed by atoms with Gasteiger partial charge in [-0.25, -0.2) is 0 Å². The van der Waals surface area contributed by atoms with Crippen molar-refractivity contribution in [2.24, 2.45) is 4.99 Å². The van der Waals surface area contributed by atoms with E-state index in [1.54, 1.807) is 0 Å². The Kier molecular flexibility index (Phi) is 9.27. The van der Waals surface area contributed by atoms with Gasteiger partial charge in [-0.3, -0.25) is 4.99 Å². The van der Waals surface area contributed by atoms with Crippen LogP contribution in [0.25, 0.3) is 0 Å². The van der Waals surface area contributed by atoms with E-state index in [2.05, 4.69) is 22.5 Å². The van der Waals surface area contributed by atoms with Crippen molar-refractivity contribution >= 4 is 29.9 Å². The maximum atomic E-state index is 5.85. The standard InChI is InChI=1S/C17H27N3O.HI/c1-14(21-16-11-7-4-8-12-16)13-19-17(18-2)20-15-9-5-3-6-10-15;/h4,7-8,11-12,14-15H,3,5-6,9-10,13H2,1-2H3,(H2,18,19,20);1H. The molecule has 0 aromatic heterocycles. The molecule has 2 N–H and O–H groups in total. The number of guanidine groups is 1. The highest BCUT2D eigenvalue weighted by molar-refractivity contribution is 14.0. The van der Waals surface area contributed by atoms with Crippen LogP contribution >= 0.6 is 24.0 Å². The van der Waals surface area contributed by atoms with E-state index in [9.17, 15) is 0 Å². The second kappa shape index (κ2) is 10.7. The molecular weight excluding hydrogens is 389 g/mol. The Bertz CT molecular complexity index is 433. The number of nitrogens with zero attached hydrogens (tertiary/aromatic N) is 1. The van der Waals surface area contributed by atoms with Gasteiger partial charge in [0.2, 0.25) is 0 Å². The number of aliphatic imine (C=N–C) groups is 1. The first kappa shape index (κ1) is 19.1. The molecule has 1 fully saturated rings. The molecular formula is C17H28IN3O. The van der Waals surface area contributed by atoms with Crippen molar-refractivity contribution in [2.45, 2.75) is 51.2 Å². The van der Waals surface area contributed by atoms with E-state index in [0.717, 1.165) is 18.3 Å². The predicted octanol–water partition coefficient (Wildman–Crippen LogP) is 3.57. The van der Waals surface area contributed by atoms with Crippen LogP contribution in [0.4, 0.5) is 0 Å². The lowest BCUT2D eigenvalue weighted by Gasteiger charge is -2.25. The summed E-state index contributed by atoms with van der Waals surface area (Å²) in [5, 5.41) is 6.86. The van der Waals surface area contributed by atoms with Gasteiger partial charge in [0, 0.05) is 13.1 Å². The van der Waals surface area contributed by atoms with Crippen molar-refractivity contribution in [3.63, 3.8) is 0 Å². The van der Waals surface area contributed by atoms with Gasteiger partial charge < -0.3 is 15.4 Å². The molecule has 0 spiro atoms. The summed E-state index contributed by atoms with van der Waals surface area (Å²) in [5.41, 5.74) is 0. The molecule has 1 aliphatic carbocycles. The Morgan fingerprint density at radius 1 is 1.23 bits per heavy atom. The smallest absolute Gasteiger partial charge is 0.191 e. The summed E-state index contributed by atoms with van der Waals surface area (Å²) in [5.74, 6) is 1.78. The Morgan fingerprint density at radius 3 is 2.55 bits per heavy atom. The van der Waals surface area contributed by atoms with E-state index in [4.69, 9.17) is 4.74 Å². The van der Waals surface area contributed by atoms with Gasteiger partial charge in [-0.15, -0.1) is 24.0 Å². The van der Waals surface area contributed by atoms with Crippen molar-refractivity contribution in [1.82, 2.24) is 10.6 Å². The molecule has 0 radical (unpaired) electrons. The molecule has 1 aromatic rings. The first-order valence-electron chi connectivity index (χ1n) is 7.97. The van der Waals surface area contributed by atoms with E-state index in [0.29, 0.717) is 6.04 Å². The number of benzene rings is 1. The van der Waals surface area contributed by atoms with Gasteiger partial charge in [0.15, 0.2) is 5.96 Å². The fourth-order valence-corrected chi connectivity index (χ4v) is 2.65. The van der Waals surface area contributed by atoms with Gasteiger partial charge in [-0.1, -0.05) is 37.5 Å². The van der Waals surface area contributed by atoms with Crippen LogP contribution in [-0.4, -0.2) is 31.7 Å². The molecule has 22 heavy (non-hydrogen) atoms. The minimum Gasteiger partial charge on any atom is -0.489 e. The molecule has 4 nitrogen and oxygen atoms in total. The molecule has 0 aliphatic heterocycles. The second-order valence-corrected chi connectivity index (χ2v) is 5.67. The number of nitrogens with one attached hydrogen (secondary N) is 2. The molecule has 0 saturated heterocycles. The summed E-state index contributed by atoms with van der Waals surface area (Å²) in [6.45, 7) is 2.80. The summed E-state index contributed by atoms with van der Waals surface area (Å²) < 4.78 is 5.85. The third-order valence-electron chi connectivity index (χ3n) is 3.81. The van der Waals surface area contributed by atoms with Crippen molar-refractivity contribution in [3.05, 3.63) is 30.3 Å².